The third kappa shape index (κ3) is 7.04. The molecule has 0 aliphatic carbocycles. The van der Waals surface area contributed by atoms with Gasteiger partial charge in [-0.25, -0.2) is 0 Å². The van der Waals surface area contributed by atoms with Crippen LogP contribution < -0.4 is 10.6 Å². The first-order chi connectivity index (χ1) is 7.18. The van der Waals surface area contributed by atoms with Gasteiger partial charge in [0.05, 0.1) is 0 Å². The molecule has 1 heterocycles. The van der Waals surface area contributed by atoms with Gasteiger partial charge in [-0.1, -0.05) is 0 Å². The number of rotatable bonds is 6. The van der Waals surface area contributed by atoms with E-state index in [9.17, 15) is 4.79 Å². The van der Waals surface area contributed by atoms with Crippen LogP contribution in [-0.4, -0.2) is 50.6 Å². The average molecular weight is 250 g/mol. The maximum atomic E-state index is 11.4. The Balaban J connectivity index is 0.00000225. The molecule has 0 aromatic carbocycles. The summed E-state index contributed by atoms with van der Waals surface area (Å²) in [6.45, 7) is 2.78. The van der Waals surface area contributed by atoms with Crippen molar-refractivity contribution in [3.8, 4) is 0 Å². The maximum Gasteiger partial charge on any atom is 0.220 e. The van der Waals surface area contributed by atoms with Crippen LogP contribution in [0.5, 0.6) is 0 Å². The summed E-state index contributed by atoms with van der Waals surface area (Å²) in [5.41, 5.74) is 0. The lowest BCUT2D eigenvalue weighted by Crippen LogP contribution is -2.32. The number of likely N-dealkylation sites (N-methyl/N-ethyl adjacent to an activating group) is 1. The summed E-state index contributed by atoms with van der Waals surface area (Å²) in [6.07, 6.45) is 4.12. The van der Waals surface area contributed by atoms with Crippen molar-refractivity contribution in [1.29, 1.82) is 0 Å². The van der Waals surface area contributed by atoms with E-state index in [1.165, 1.54) is 12.8 Å². The fourth-order valence-electron chi connectivity index (χ4n) is 1.82. The minimum Gasteiger partial charge on any atom is -0.355 e. The quantitative estimate of drug-likeness (QED) is 0.726. The molecule has 1 atom stereocenters. The van der Waals surface area contributed by atoms with Crippen molar-refractivity contribution in [3.05, 3.63) is 0 Å². The SMILES string of the molecule is CN(C)CCNC(=O)CCC1CCCN1.Cl. The highest BCUT2D eigenvalue weighted by Crippen LogP contribution is 2.10. The minimum absolute atomic E-state index is 0. The fraction of sp³-hybridized carbons (Fsp3) is 0.909. The van der Waals surface area contributed by atoms with Gasteiger partial charge >= 0.3 is 0 Å². The van der Waals surface area contributed by atoms with Crippen LogP contribution in [0, 0.1) is 0 Å². The summed E-state index contributed by atoms with van der Waals surface area (Å²) in [5, 5.41) is 6.33. The molecule has 0 bridgehead atoms. The van der Waals surface area contributed by atoms with Gasteiger partial charge in [-0.05, 0) is 39.9 Å². The van der Waals surface area contributed by atoms with Gasteiger partial charge < -0.3 is 15.5 Å². The monoisotopic (exact) mass is 249 g/mol. The predicted molar refractivity (Wildman–Crippen MR) is 69.1 cm³/mol. The number of hydrogen-bond donors (Lipinski definition) is 2. The van der Waals surface area contributed by atoms with E-state index in [-0.39, 0.29) is 18.3 Å². The van der Waals surface area contributed by atoms with Crippen molar-refractivity contribution >= 4 is 18.3 Å². The lowest BCUT2D eigenvalue weighted by Gasteiger charge is -2.12. The van der Waals surface area contributed by atoms with Gasteiger partial charge in [-0.15, -0.1) is 12.4 Å². The zero-order valence-corrected chi connectivity index (χ0v) is 11.1. The van der Waals surface area contributed by atoms with Gasteiger partial charge in [0.1, 0.15) is 0 Å². The zero-order chi connectivity index (χ0) is 11.1. The van der Waals surface area contributed by atoms with Crippen molar-refractivity contribution in [2.75, 3.05) is 33.7 Å². The Labute approximate surface area is 105 Å². The summed E-state index contributed by atoms with van der Waals surface area (Å²) in [4.78, 5) is 13.5. The molecule has 1 fully saturated rings. The molecule has 1 saturated heterocycles. The number of carbonyl (C=O) groups is 1. The molecule has 5 heteroatoms. The molecule has 1 aliphatic rings. The zero-order valence-electron chi connectivity index (χ0n) is 10.3. The minimum atomic E-state index is 0. The van der Waals surface area contributed by atoms with E-state index in [0.29, 0.717) is 12.5 Å². The second kappa shape index (κ2) is 8.79. The van der Waals surface area contributed by atoms with Crippen molar-refractivity contribution in [1.82, 2.24) is 15.5 Å². The van der Waals surface area contributed by atoms with Crippen molar-refractivity contribution < 1.29 is 4.79 Å². The summed E-state index contributed by atoms with van der Waals surface area (Å²) in [7, 11) is 4.02. The van der Waals surface area contributed by atoms with Crippen LogP contribution in [0.15, 0.2) is 0 Å². The number of carbonyl (C=O) groups excluding carboxylic acids is 1. The summed E-state index contributed by atoms with van der Waals surface area (Å²) < 4.78 is 0. The van der Waals surface area contributed by atoms with Crippen LogP contribution in [0.1, 0.15) is 25.7 Å². The Bertz CT molecular complexity index is 194. The molecule has 2 N–H and O–H groups in total. The first-order valence-electron chi connectivity index (χ1n) is 5.83. The standard InChI is InChI=1S/C11H23N3O.ClH/c1-14(2)9-8-13-11(15)6-5-10-4-3-7-12-10;/h10,12H,3-9H2,1-2H3,(H,13,15);1H. The Morgan fingerprint density at radius 1 is 1.50 bits per heavy atom. The van der Waals surface area contributed by atoms with Crippen LogP contribution >= 0.6 is 12.4 Å². The Morgan fingerprint density at radius 3 is 2.81 bits per heavy atom. The van der Waals surface area contributed by atoms with Gasteiger partial charge in [-0.3, -0.25) is 4.79 Å². The van der Waals surface area contributed by atoms with Crippen LogP contribution in [-0.2, 0) is 4.79 Å². The Kier molecular flexibility index (Phi) is 8.61. The fourth-order valence-corrected chi connectivity index (χ4v) is 1.82. The predicted octanol–water partition coefficient (Wildman–Crippen LogP) is 0.618. The molecule has 1 rings (SSSR count). The van der Waals surface area contributed by atoms with E-state index < -0.39 is 0 Å². The van der Waals surface area contributed by atoms with E-state index >= 15 is 0 Å². The highest BCUT2D eigenvalue weighted by Gasteiger charge is 2.14. The lowest BCUT2D eigenvalue weighted by molar-refractivity contribution is -0.121. The second-order valence-corrected chi connectivity index (χ2v) is 4.49. The van der Waals surface area contributed by atoms with Gasteiger partial charge in [0.25, 0.3) is 0 Å². The van der Waals surface area contributed by atoms with Crippen LogP contribution in [0.2, 0.25) is 0 Å². The molecule has 1 aliphatic heterocycles. The van der Waals surface area contributed by atoms with Crippen molar-refractivity contribution in [2.24, 2.45) is 0 Å². The van der Waals surface area contributed by atoms with Gasteiger partial charge in [0.2, 0.25) is 5.91 Å². The molecule has 1 amide bonds. The van der Waals surface area contributed by atoms with Crippen molar-refractivity contribution in [2.45, 2.75) is 31.7 Å². The number of hydrogen-bond acceptors (Lipinski definition) is 3. The average Bonchev–Trinajstić information content (AvgIpc) is 2.66. The van der Waals surface area contributed by atoms with Crippen LogP contribution in [0.3, 0.4) is 0 Å². The van der Waals surface area contributed by atoms with Crippen LogP contribution in [0.25, 0.3) is 0 Å². The normalized spacial score (nSPS) is 19.6. The molecule has 0 spiro atoms. The first-order valence-corrected chi connectivity index (χ1v) is 5.83. The Hall–Kier alpha value is -0.320. The third-order valence-electron chi connectivity index (χ3n) is 2.76. The van der Waals surface area contributed by atoms with E-state index in [1.807, 2.05) is 14.1 Å². The topological polar surface area (TPSA) is 44.4 Å². The summed E-state index contributed by atoms with van der Waals surface area (Å²) in [6, 6.07) is 0.574. The molecular formula is C11H24ClN3O. The molecule has 96 valence electrons. The first kappa shape index (κ1) is 15.7. The van der Waals surface area contributed by atoms with E-state index in [4.69, 9.17) is 0 Å². The highest BCUT2D eigenvalue weighted by atomic mass is 35.5. The molecule has 1 unspecified atom stereocenters. The number of amides is 1. The number of nitrogens with zero attached hydrogens (tertiary/aromatic N) is 1. The third-order valence-corrected chi connectivity index (χ3v) is 2.76. The molecule has 4 nitrogen and oxygen atoms in total. The Morgan fingerprint density at radius 2 is 2.25 bits per heavy atom. The van der Waals surface area contributed by atoms with E-state index in [2.05, 4.69) is 15.5 Å². The lowest BCUT2D eigenvalue weighted by atomic mass is 10.1. The molecule has 0 saturated carbocycles. The molecule has 0 aromatic heterocycles. The molecular weight excluding hydrogens is 226 g/mol. The van der Waals surface area contributed by atoms with Crippen molar-refractivity contribution in [3.63, 3.8) is 0 Å². The summed E-state index contributed by atoms with van der Waals surface area (Å²) in [5.74, 6) is 0.186. The van der Waals surface area contributed by atoms with Gasteiger partial charge in [-0.2, -0.15) is 0 Å². The maximum absolute atomic E-state index is 11.4. The second-order valence-electron chi connectivity index (χ2n) is 4.49. The van der Waals surface area contributed by atoms with Crippen LogP contribution in [0.4, 0.5) is 0 Å². The number of halogens is 1. The van der Waals surface area contributed by atoms with Gasteiger partial charge in [0, 0.05) is 25.6 Å². The smallest absolute Gasteiger partial charge is 0.220 e. The number of nitrogens with one attached hydrogen (secondary N) is 2. The van der Waals surface area contributed by atoms with Gasteiger partial charge in [0.15, 0.2) is 0 Å². The summed E-state index contributed by atoms with van der Waals surface area (Å²) >= 11 is 0. The highest BCUT2D eigenvalue weighted by molar-refractivity contribution is 5.85. The van der Waals surface area contributed by atoms with E-state index in [0.717, 1.165) is 26.1 Å². The van der Waals surface area contributed by atoms with E-state index in [1.54, 1.807) is 0 Å². The molecule has 0 radical (unpaired) electrons. The molecule has 0 aromatic rings. The molecule has 16 heavy (non-hydrogen) atoms. The largest absolute Gasteiger partial charge is 0.355 e.